The van der Waals surface area contributed by atoms with Crippen molar-refractivity contribution in [1.82, 2.24) is 15.0 Å². The van der Waals surface area contributed by atoms with Crippen LogP contribution in [0.15, 0.2) is 16.7 Å². The maximum absolute atomic E-state index is 12.3. The lowest BCUT2D eigenvalue weighted by molar-refractivity contribution is 0.0740. The molecule has 1 amide bonds. The largest absolute Gasteiger partial charge is 0.339 e. The van der Waals surface area contributed by atoms with E-state index >= 15 is 0 Å². The number of nitrogens with one attached hydrogen (secondary N) is 1. The third-order valence-corrected chi connectivity index (χ3v) is 4.04. The molecule has 4 nitrogen and oxygen atoms in total. The van der Waals surface area contributed by atoms with E-state index in [4.69, 9.17) is 0 Å². The van der Waals surface area contributed by atoms with Crippen molar-refractivity contribution in [3.05, 3.63) is 22.4 Å². The van der Waals surface area contributed by atoms with Crippen LogP contribution < -0.4 is 5.43 Å². The van der Waals surface area contributed by atoms with Crippen molar-refractivity contribution in [3.63, 3.8) is 0 Å². The van der Waals surface area contributed by atoms with Crippen LogP contribution in [-0.4, -0.2) is 28.6 Å². The van der Waals surface area contributed by atoms with Crippen LogP contribution in [0.4, 0.5) is 0 Å². The van der Waals surface area contributed by atoms with E-state index in [0.717, 1.165) is 23.3 Å². The highest BCUT2D eigenvalue weighted by Crippen LogP contribution is 2.37. The molecule has 2 fully saturated rings. The molecule has 1 saturated carbocycles. The van der Waals surface area contributed by atoms with Gasteiger partial charge < -0.3 is 4.57 Å². The molecule has 1 aromatic heterocycles. The lowest BCUT2D eigenvalue weighted by Gasteiger charge is -2.26. The number of piperidine rings is 1. The van der Waals surface area contributed by atoms with Crippen molar-refractivity contribution in [3.8, 4) is 0 Å². The fraction of sp³-hybridized carbons (Fsp3) is 0.615. The van der Waals surface area contributed by atoms with Gasteiger partial charge in [-0.05, 0) is 47.7 Å². The fourth-order valence-electron chi connectivity index (χ4n) is 2.49. The second kappa shape index (κ2) is 5.05. The van der Waals surface area contributed by atoms with Crippen molar-refractivity contribution in [1.29, 1.82) is 0 Å². The van der Waals surface area contributed by atoms with Crippen LogP contribution in [0.25, 0.3) is 0 Å². The Morgan fingerprint density at radius 1 is 1.28 bits per heavy atom. The summed E-state index contributed by atoms with van der Waals surface area (Å²) in [6.45, 7) is 1.94. The van der Waals surface area contributed by atoms with Crippen LogP contribution in [0.5, 0.6) is 0 Å². The number of rotatable bonds is 3. The lowest BCUT2D eigenvalue weighted by Crippen LogP contribution is -2.45. The first-order valence-corrected chi connectivity index (χ1v) is 7.46. The van der Waals surface area contributed by atoms with Crippen molar-refractivity contribution >= 4 is 21.8 Å². The second-order valence-corrected chi connectivity index (χ2v) is 6.09. The molecule has 2 heterocycles. The van der Waals surface area contributed by atoms with Crippen molar-refractivity contribution in [2.45, 2.75) is 38.1 Å². The molecule has 0 atom stereocenters. The van der Waals surface area contributed by atoms with Gasteiger partial charge in [0, 0.05) is 29.8 Å². The number of halogens is 1. The number of amides is 1. The normalized spacial score (nSPS) is 20.9. The molecule has 1 N–H and O–H groups in total. The number of hydrogen-bond donors (Lipinski definition) is 1. The number of carbonyl (C=O) groups is 1. The predicted octanol–water partition coefficient (Wildman–Crippen LogP) is 2.72. The minimum Gasteiger partial charge on any atom is -0.339 e. The molecule has 1 aliphatic carbocycles. The van der Waals surface area contributed by atoms with E-state index in [1.807, 2.05) is 17.3 Å². The first kappa shape index (κ1) is 12.2. The average Bonchev–Trinajstić information content (AvgIpc) is 3.13. The molecule has 1 aromatic rings. The summed E-state index contributed by atoms with van der Waals surface area (Å²) in [5.74, 6) is 0.0227. The summed E-state index contributed by atoms with van der Waals surface area (Å²) in [5.41, 5.74) is 3.80. The van der Waals surface area contributed by atoms with Gasteiger partial charge in [-0.15, -0.1) is 0 Å². The highest BCUT2D eigenvalue weighted by Gasteiger charge is 2.28. The Morgan fingerprint density at radius 2 is 2.00 bits per heavy atom. The zero-order valence-electron chi connectivity index (χ0n) is 10.4. The van der Waals surface area contributed by atoms with E-state index in [-0.39, 0.29) is 5.91 Å². The Balaban J connectivity index is 1.71. The van der Waals surface area contributed by atoms with Crippen LogP contribution in [-0.2, 0) is 0 Å². The molecule has 98 valence electrons. The maximum Gasteiger partial charge on any atom is 0.282 e. The van der Waals surface area contributed by atoms with E-state index in [1.54, 1.807) is 0 Å². The van der Waals surface area contributed by atoms with Crippen molar-refractivity contribution in [2.75, 3.05) is 13.1 Å². The number of hydrogen-bond acceptors (Lipinski definition) is 2. The fourth-order valence-corrected chi connectivity index (χ4v) is 2.93. The summed E-state index contributed by atoms with van der Waals surface area (Å²) < 4.78 is 3.08. The Kier molecular flexibility index (Phi) is 3.43. The van der Waals surface area contributed by atoms with Crippen LogP contribution in [0.1, 0.15) is 48.6 Å². The summed E-state index contributed by atoms with van der Waals surface area (Å²) in [7, 11) is 0. The zero-order valence-corrected chi connectivity index (χ0v) is 11.9. The highest BCUT2D eigenvalue weighted by molar-refractivity contribution is 9.10. The van der Waals surface area contributed by atoms with Gasteiger partial charge in [-0.1, -0.05) is 6.42 Å². The molecule has 0 aromatic carbocycles. The Bertz CT molecular complexity index is 447. The van der Waals surface area contributed by atoms with Crippen LogP contribution >= 0.6 is 15.9 Å². The number of hydrazine groups is 1. The monoisotopic (exact) mass is 311 g/mol. The molecule has 3 rings (SSSR count). The molecule has 0 radical (unpaired) electrons. The SMILES string of the molecule is O=C(NN1CCCCC1)c1cc(Br)cn1C1CC1. The Labute approximate surface area is 115 Å². The van der Waals surface area contributed by atoms with Crippen LogP contribution in [0.2, 0.25) is 0 Å². The Hall–Kier alpha value is -0.810. The standard InChI is InChI=1S/C13H18BrN3O/c14-10-8-12(17(9-10)11-4-5-11)13(18)15-16-6-2-1-3-7-16/h8-9,11H,1-7H2,(H,15,18). The minimum absolute atomic E-state index is 0.0227. The molecule has 0 spiro atoms. The smallest absolute Gasteiger partial charge is 0.282 e. The quantitative estimate of drug-likeness (QED) is 0.932. The van der Waals surface area contributed by atoms with Gasteiger partial charge in [0.25, 0.3) is 5.91 Å². The van der Waals surface area contributed by atoms with Gasteiger partial charge in [0.15, 0.2) is 0 Å². The first-order valence-electron chi connectivity index (χ1n) is 6.67. The number of nitrogens with zero attached hydrogens (tertiary/aromatic N) is 2. The minimum atomic E-state index is 0.0227. The molecule has 0 unspecified atom stereocenters. The van der Waals surface area contributed by atoms with E-state index in [9.17, 15) is 4.79 Å². The van der Waals surface area contributed by atoms with Gasteiger partial charge in [-0.3, -0.25) is 10.2 Å². The van der Waals surface area contributed by atoms with Gasteiger partial charge in [0.1, 0.15) is 5.69 Å². The Morgan fingerprint density at radius 3 is 2.67 bits per heavy atom. The predicted molar refractivity (Wildman–Crippen MR) is 73.3 cm³/mol. The molecular formula is C13H18BrN3O. The average molecular weight is 312 g/mol. The summed E-state index contributed by atoms with van der Waals surface area (Å²) in [4.78, 5) is 12.3. The molecule has 1 saturated heterocycles. The van der Waals surface area contributed by atoms with E-state index in [2.05, 4.69) is 25.9 Å². The van der Waals surface area contributed by atoms with E-state index in [1.165, 1.54) is 32.1 Å². The topological polar surface area (TPSA) is 37.3 Å². The molecule has 18 heavy (non-hydrogen) atoms. The summed E-state index contributed by atoms with van der Waals surface area (Å²) in [6.07, 6.45) is 8.01. The molecule has 1 aliphatic heterocycles. The number of carbonyl (C=O) groups excluding carboxylic acids is 1. The third kappa shape index (κ3) is 2.62. The van der Waals surface area contributed by atoms with Crippen molar-refractivity contribution < 1.29 is 4.79 Å². The van der Waals surface area contributed by atoms with Gasteiger partial charge in [-0.2, -0.15) is 0 Å². The van der Waals surface area contributed by atoms with E-state index < -0.39 is 0 Å². The summed E-state index contributed by atoms with van der Waals surface area (Å²) in [6, 6.07) is 2.44. The molecule has 0 bridgehead atoms. The molecule has 5 heteroatoms. The number of aromatic nitrogens is 1. The van der Waals surface area contributed by atoms with E-state index in [0.29, 0.717) is 6.04 Å². The van der Waals surface area contributed by atoms with Crippen molar-refractivity contribution in [2.24, 2.45) is 0 Å². The van der Waals surface area contributed by atoms with Crippen LogP contribution in [0.3, 0.4) is 0 Å². The lowest BCUT2D eigenvalue weighted by atomic mass is 10.2. The highest BCUT2D eigenvalue weighted by atomic mass is 79.9. The summed E-state index contributed by atoms with van der Waals surface area (Å²) in [5, 5.41) is 2.05. The molecule has 2 aliphatic rings. The maximum atomic E-state index is 12.3. The first-order chi connectivity index (χ1) is 8.74. The summed E-state index contributed by atoms with van der Waals surface area (Å²) >= 11 is 3.46. The van der Waals surface area contributed by atoms with Gasteiger partial charge >= 0.3 is 0 Å². The van der Waals surface area contributed by atoms with Gasteiger partial charge in [0.2, 0.25) is 0 Å². The third-order valence-electron chi connectivity index (χ3n) is 3.60. The van der Waals surface area contributed by atoms with Gasteiger partial charge in [-0.25, -0.2) is 5.01 Å². The second-order valence-electron chi connectivity index (χ2n) is 5.17. The zero-order chi connectivity index (χ0) is 12.5. The van der Waals surface area contributed by atoms with Gasteiger partial charge in [0.05, 0.1) is 0 Å². The van der Waals surface area contributed by atoms with Crippen LogP contribution in [0, 0.1) is 0 Å². The molecular weight excluding hydrogens is 294 g/mol.